The molecule has 0 fully saturated rings. The fraction of sp³-hybridized carbons (Fsp3) is 0.533. The lowest BCUT2D eigenvalue weighted by Crippen LogP contribution is -2.42. The number of hydrogen-bond acceptors (Lipinski definition) is 10. The minimum absolute atomic E-state index is 0.313. The Balaban J connectivity index is 1.73. The Morgan fingerprint density at radius 3 is 2.51 bits per heavy atom. The third-order valence-corrected chi connectivity index (χ3v) is 10.8. The molecule has 0 spiro atoms. The van der Waals surface area contributed by atoms with Crippen molar-refractivity contribution in [2.24, 2.45) is 5.73 Å². The summed E-state index contributed by atoms with van der Waals surface area (Å²) < 4.78 is 31.5. The second-order valence-corrected chi connectivity index (χ2v) is 15.4. The molecule has 3 aromatic rings. The summed E-state index contributed by atoms with van der Waals surface area (Å²) in [6, 6.07) is 5.37. The maximum atomic E-state index is 12.5. The van der Waals surface area contributed by atoms with Gasteiger partial charge in [-0.15, -0.1) is 0 Å². The summed E-state index contributed by atoms with van der Waals surface area (Å²) in [7, 11) is -2.79. The van der Waals surface area contributed by atoms with Crippen LogP contribution in [0.5, 0.6) is 5.88 Å². The van der Waals surface area contributed by atoms with E-state index in [0.717, 1.165) is 10.9 Å². The van der Waals surface area contributed by atoms with Crippen LogP contribution in [-0.2, 0) is 25.4 Å². The Morgan fingerprint density at radius 2 is 1.88 bits per heavy atom. The summed E-state index contributed by atoms with van der Waals surface area (Å²) >= 11 is 0. The Hall–Kier alpha value is -3.31. The van der Waals surface area contributed by atoms with Crippen LogP contribution in [0.2, 0.25) is 0 Å². The molecule has 0 saturated heterocycles. The fourth-order valence-electron chi connectivity index (χ4n) is 4.88. The molecular formula is C30H42N6O4S. The number of nitrogens with two attached hydrogens (primary N) is 1. The van der Waals surface area contributed by atoms with Gasteiger partial charge in [-0.2, -0.15) is 0 Å². The van der Waals surface area contributed by atoms with E-state index in [0.29, 0.717) is 47.0 Å². The number of nitrogens with zero attached hydrogens (tertiary/aromatic N) is 3. The van der Waals surface area contributed by atoms with Crippen molar-refractivity contribution in [3.8, 4) is 5.88 Å². The van der Waals surface area contributed by atoms with Crippen LogP contribution in [0.25, 0.3) is 10.8 Å². The van der Waals surface area contributed by atoms with Gasteiger partial charge in [-0.3, -0.25) is 4.78 Å². The van der Waals surface area contributed by atoms with E-state index in [1.54, 1.807) is 24.5 Å². The zero-order valence-corrected chi connectivity index (χ0v) is 26.2. The van der Waals surface area contributed by atoms with Gasteiger partial charge in [0.2, 0.25) is 5.88 Å². The molecule has 11 heteroatoms. The first-order valence-electron chi connectivity index (χ1n) is 13.8. The molecule has 0 radical (unpaired) electrons. The van der Waals surface area contributed by atoms with E-state index in [2.05, 4.69) is 15.3 Å². The highest BCUT2D eigenvalue weighted by Gasteiger charge is 2.41. The predicted molar refractivity (Wildman–Crippen MR) is 162 cm³/mol. The highest BCUT2D eigenvalue weighted by atomic mass is 32.2. The lowest BCUT2D eigenvalue weighted by Gasteiger charge is -2.36. The Morgan fingerprint density at radius 1 is 1.20 bits per heavy atom. The molecule has 0 amide bonds. The molecule has 10 nitrogen and oxygen atoms in total. The molecule has 0 bridgehead atoms. The van der Waals surface area contributed by atoms with Gasteiger partial charge in [0.05, 0.1) is 27.5 Å². The maximum absolute atomic E-state index is 12.5. The summed E-state index contributed by atoms with van der Waals surface area (Å²) in [6.45, 7) is 15.4. The van der Waals surface area contributed by atoms with Gasteiger partial charge in [-0.05, 0) is 70.2 Å². The first-order chi connectivity index (χ1) is 18.9. The molecule has 4 heterocycles. The predicted octanol–water partition coefficient (Wildman–Crippen LogP) is 5.80. The quantitative estimate of drug-likeness (QED) is 0.266. The normalized spacial score (nSPS) is 20.3. The molecular weight excluding hydrogens is 540 g/mol. The highest BCUT2D eigenvalue weighted by molar-refractivity contribution is 7.93. The van der Waals surface area contributed by atoms with Crippen LogP contribution in [0.4, 0.5) is 11.6 Å². The molecule has 0 saturated carbocycles. The molecule has 4 rings (SSSR count). The van der Waals surface area contributed by atoms with Crippen LogP contribution in [0.1, 0.15) is 89.8 Å². The number of pyridine rings is 3. The van der Waals surface area contributed by atoms with E-state index in [4.69, 9.17) is 25.0 Å². The zero-order valence-electron chi connectivity index (χ0n) is 25.4. The number of anilines is 2. The Kier molecular flexibility index (Phi) is 7.85. The number of carbonyl (C=O) groups excluding carboxylic acids is 1. The van der Waals surface area contributed by atoms with Gasteiger partial charge in [-0.1, -0.05) is 20.8 Å². The molecule has 3 aromatic heterocycles. The SMILES string of the molecule is CCC(C)(N)c1cnc(O[C@H](C)CC(C)(C)S(C)(=N)=O)c2cnc(Nc3ccc4c(n3)C(C)(C)[C@H](C)OC4=O)cc12. The van der Waals surface area contributed by atoms with Crippen LogP contribution >= 0.6 is 0 Å². The largest absolute Gasteiger partial charge is 0.474 e. The molecule has 4 atom stereocenters. The van der Waals surface area contributed by atoms with Gasteiger partial charge < -0.3 is 20.5 Å². The van der Waals surface area contributed by atoms with E-state index < -0.39 is 25.4 Å². The summed E-state index contributed by atoms with van der Waals surface area (Å²) in [5.74, 6) is 1.13. The molecule has 222 valence electrons. The number of rotatable bonds is 9. The second-order valence-electron chi connectivity index (χ2n) is 12.6. The van der Waals surface area contributed by atoms with Crippen molar-refractivity contribution in [1.82, 2.24) is 15.0 Å². The van der Waals surface area contributed by atoms with Crippen LogP contribution < -0.4 is 15.8 Å². The van der Waals surface area contributed by atoms with Crippen molar-refractivity contribution in [1.29, 1.82) is 4.78 Å². The molecule has 1 aliphatic rings. The van der Waals surface area contributed by atoms with Crippen molar-refractivity contribution in [2.75, 3.05) is 11.6 Å². The fourth-order valence-corrected chi connectivity index (χ4v) is 5.43. The minimum atomic E-state index is -2.79. The average Bonchev–Trinajstić information content (AvgIpc) is 2.86. The van der Waals surface area contributed by atoms with Crippen molar-refractivity contribution in [3.05, 3.63) is 47.4 Å². The van der Waals surface area contributed by atoms with E-state index in [-0.39, 0.29) is 18.2 Å². The second kappa shape index (κ2) is 10.5. The van der Waals surface area contributed by atoms with E-state index in [1.807, 2.05) is 61.5 Å². The topological polar surface area (TPSA) is 153 Å². The van der Waals surface area contributed by atoms with Gasteiger partial charge in [0.1, 0.15) is 17.7 Å². The van der Waals surface area contributed by atoms with Gasteiger partial charge in [0.15, 0.2) is 0 Å². The molecule has 2 unspecified atom stereocenters. The third kappa shape index (κ3) is 5.88. The van der Waals surface area contributed by atoms with Crippen molar-refractivity contribution in [2.45, 2.75) is 96.1 Å². The number of carbonyl (C=O) groups is 1. The van der Waals surface area contributed by atoms with Gasteiger partial charge in [0.25, 0.3) is 0 Å². The number of fused-ring (bicyclic) bond motifs is 2. The average molecular weight is 583 g/mol. The van der Waals surface area contributed by atoms with Gasteiger partial charge in [-0.25, -0.2) is 24.0 Å². The zero-order chi connectivity index (χ0) is 30.5. The van der Waals surface area contributed by atoms with E-state index in [9.17, 15) is 9.00 Å². The molecule has 41 heavy (non-hydrogen) atoms. The number of cyclic esters (lactones) is 1. The third-order valence-electron chi connectivity index (χ3n) is 8.51. The highest BCUT2D eigenvalue weighted by Crippen LogP contribution is 2.38. The van der Waals surface area contributed by atoms with Crippen LogP contribution in [0.3, 0.4) is 0 Å². The lowest BCUT2D eigenvalue weighted by molar-refractivity contribution is 0.00864. The van der Waals surface area contributed by atoms with Crippen LogP contribution in [0.15, 0.2) is 30.6 Å². The molecule has 4 N–H and O–H groups in total. The maximum Gasteiger partial charge on any atom is 0.340 e. The number of esters is 1. The number of aromatic nitrogens is 3. The summed E-state index contributed by atoms with van der Waals surface area (Å²) in [5.41, 5.74) is 7.56. The van der Waals surface area contributed by atoms with Crippen LogP contribution in [0, 0.1) is 4.78 Å². The van der Waals surface area contributed by atoms with Crippen molar-refractivity contribution in [3.63, 3.8) is 0 Å². The minimum Gasteiger partial charge on any atom is -0.474 e. The van der Waals surface area contributed by atoms with E-state index >= 15 is 0 Å². The first kappa shape index (κ1) is 30.6. The summed E-state index contributed by atoms with van der Waals surface area (Å²) in [5, 5.41) is 4.82. The Bertz CT molecular complexity index is 1600. The van der Waals surface area contributed by atoms with Crippen molar-refractivity contribution < 1.29 is 18.5 Å². The van der Waals surface area contributed by atoms with Crippen LogP contribution in [-0.4, -0.2) is 48.3 Å². The summed E-state index contributed by atoms with van der Waals surface area (Å²) in [4.78, 5) is 26.5. The molecule has 1 aliphatic heterocycles. The Labute approximate surface area is 242 Å². The first-order valence-corrected chi connectivity index (χ1v) is 15.8. The number of nitrogens with one attached hydrogen (secondary N) is 2. The van der Waals surface area contributed by atoms with E-state index in [1.165, 1.54) is 6.26 Å². The lowest BCUT2D eigenvalue weighted by atomic mass is 9.79. The number of ether oxygens (including phenoxy) is 2. The number of hydrogen-bond donors (Lipinski definition) is 3. The molecule has 0 aromatic carbocycles. The van der Waals surface area contributed by atoms with Gasteiger partial charge >= 0.3 is 5.97 Å². The smallest absolute Gasteiger partial charge is 0.340 e. The standard InChI is InChI=1S/C30H42N6O4S/c1-10-30(8,31)22-16-34-26(39-17(2)14-28(4,5)41(9,32)38)21-15-33-24(13-20(21)22)35-23-12-11-19-25(36-23)29(6,7)18(3)40-27(19)37/h11-13,15-18,32H,10,14,31H2,1-9H3,(H,33,35,36)/t17-,18+,30?,41?/m1/s1. The van der Waals surface area contributed by atoms with Crippen molar-refractivity contribution >= 4 is 38.1 Å². The van der Waals surface area contributed by atoms with Gasteiger partial charge in [0, 0.05) is 45.8 Å². The summed E-state index contributed by atoms with van der Waals surface area (Å²) in [6.07, 6.45) is 5.34. The monoisotopic (exact) mass is 582 g/mol. The molecule has 0 aliphatic carbocycles.